The van der Waals surface area contributed by atoms with Crippen LogP contribution in [0.15, 0.2) is 47.4 Å². The lowest BCUT2D eigenvalue weighted by Crippen LogP contribution is -2.49. The van der Waals surface area contributed by atoms with Crippen LogP contribution in [0, 0.1) is 0 Å². The van der Waals surface area contributed by atoms with Gasteiger partial charge in [0.1, 0.15) is 5.82 Å². The lowest BCUT2D eigenvalue weighted by atomic mass is 9.94. The molecule has 3 rings (SSSR count). The molecular weight excluding hydrogens is 360 g/mol. The Morgan fingerprint density at radius 3 is 2.63 bits per heavy atom. The molecule has 2 heterocycles. The third-order valence-electron chi connectivity index (χ3n) is 4.59. The third kappa shape index (κ3) is 3.18. The molecule has 2 N–H and O–H groups in total. The van der Waals surface area contributed by atoms with E-state index in [1.54, 1.807) is 18.2 Å². The van der Waals surface area contributed by atoms with Crippen LogP contribution in [0.5, 0.6) is 0 Å². The van der Waals surface area contributed by atoms with E-state index < -0.39 is 35.5 Å². The van der Waals surface area contributed by atoms with Crippen molar-refractivity contribution in [1.82, 2.24) is 9.55 Å². The predicted octanol–water partition coefficient (Wildman–Crippen LogP) is 2.38. The summed E-state index contributed by atoms with van der Waals surface area (Å²) in [6.45, 7) is 2.57. The first kappa shape index (κ1) is 19.0. The Hall–Kier alpha value is -2.81. The monoisotopic (exact) mass is 379 g/mol. The van der Waals surface area contributed by atoms with Crippen LogP contribution in [-0.4, -0.2) is 33.1 Å². The lowest BCUT2D eigenvalue weighted by Gasteiger charge is -2.31. The topological polar surface area (TPSA) is 96.4 Å². The third-order valence-corrected chi connectivity index (χ3v) is 4.59. The van der Waals surface area contributed by atoms with Crippen molar-refractivity contribution in [3.63, 3.8) is 0 Å². The van der Waals surface area contributed by atoms with E-state index in [-0.39, 0.29) is 17.8 Å². The number of carbonyl (C=O) groups is 1. The number of hydrogen-bond acceptors (Lipinski definition) is 6. The zero-order valence-corrected chi connectivity index (χ0v) is 14.8. The Kier molecular flexibility index (Phi) is 4.73. The second-order valence-corrected chi connectivity index (χ2v) is 6.45. The Bertz CT molecular complexity index is 907. The van der Waals surface area contributed by atoms with Crippen molar-refractivity contribution in [1.29, 1.82) is 0 Å². The van der Waals surface area contributed by atoms with Crippen LogP contribution in [0.25, 0.3) is 0 Å². The maximum absolute atomic E-state index is 15.1. The molecule has 1 aromatic heterocycles. The average molecular weight is 379 g/mol. The maximum Gasteiger partial charge on any atom is 0.351 e. The summed E-state index contributed by atoms with van der Waals surface area (Å²) in [7, 11) is 0. The average Bonchev–Trinajstić information content (AvgIpc) is 2.84. The summed E-state index contributed by atoms with van der Waals surface area (Å²) in [6.07, 6.45) is -3.05. The number of nitrogens with two attached hydrogens (primary N) is 1. The SMILES string of the molecule is CC[C@@]1(F)O[C@@H](n2ccc(N)nc2=O)[C@](C)(OC(=O)c2ccccc2)[C@@H]1F. The summed E-state index contributed by atoms with van der Waals surface area (Å²) < 4.78 is 41.5. The van der Waals surface area contributed by atoms with Crippen molar-refractivity contribution in [2.75, 3.05) is 5.73 Å². The Morgan fingerprint density at radius 2 is 2.04 bits per heavy atom. The molecular formula is C18H19F2N3O4. The first-order chi connectivity index (χ1) is 12.7. The van der Waals surface area contributed by atoms with Crippen LogP contribution in [0.1, 0.15) is 36.9 Å². The van der Waals surface area contributed by atoms with Crippen LogP contribution < -0.4 is 11.4 Å². The number of anilines is 1. The Morgan fingerprint density at radius 1 is 1.37 bits per heavy atom. The number of nitrogen functional groups attached to an aromatic ring is 1. The highest BCUT2D eigenvalue weighted by Gasteiger charge is 2.66. The molecule has 1 aromatic carbocycles. The highest BCUT2D eigenvalue weighted by molar-refractivity contribution is 5.89. The standard InChI is InChI=1S/C18H19F2N3O4/c1-3-18(20)14(19)17(2,26-13(24)11-7-5-4-6-8-11)15(27-18)23-10-9-12(21)22-16(23)25/h4-10,14-15H,3H2,1-2H3,(H2,21,22,25)/t14-,15+,17+,18+/m0/s1. The largest absolute Gasteiger partial charge is 0.448 e. The van der Waals surface area contributed by atoms with E-state index in [1.165, 1.54) is 38.2 Å². The molecule has 1 fully saturated rings. The number of benzene rings is 1. The number of hydrogen-bond donors (Lipinski definition) is 1. The molecule has 1 saturated heterocycles. The van der Waals surface area contributed by atoms with E-state index in [2.05, 4.69) is 4.98 Å². The van der Waals surface area contributed by atoms with E-state index in [4.69, 9.17) is 15.2 Å². The highest BCUT2D eigenvalue weighted by Crippen LogP contribution is 2.50. The van der Waals surface area contributed by atoms with Gasteiger partial charge in [-0.3, -0.25) is 4.57 Å². The van der Waals surface area contributed by atoms with Gasteiger partial charge in [-0.2, -0.15) is 4.98 Å². The molecule has 2 aromatic rings. The number of carbonyl (C=O) groups excluding carboxylic acids is 1. The first-order valence-electron chi connectivity index (χ1n) is 8.35. The molecule has 1 aliphatic rings. The Balaban J connectivity index is 2.04. The van der Waals surface area contributed by atoms with Crippen molar-refractivity contribution in [2.45, 2.75) is 44.1 Å². The van der Waals surface area contributed by atoms with Gasteiger partial charge in [0.2, 0.25) is 12.0 Å². The molecule has 0 unspecified atom stereocenters. The number of alkyl halides is 2. The number of aromatic nitrogens is 2. The fourth-order valence-corrected chi connectivity index (χ4v) is 3.05. The quantitative estimate of drug-likeness (QED) is 0.820. The second kappa shape index (κ2) is 6.73. The second-order valence-electron chi connectivity index (χ2n) is 6.45. The molecule has 0 saturated carbocycles. The van der Waals surface area contributed by atoms with E-state index in [1.807, 2.05) is 0 Å². The Labute approximate surface area is 153 Å². The molecule has 0 radical (unpaired) electrons. The van der Waals surface area contributed by atoms with Crippen LogP contribution in [-0.2, 0) is 9.47 Å². The van der Waals surface area contributed by atoms with Gasteiger partial charge in [0.15, 0.2) is 11.8 Å². The summed E-state index contributed by atoms with van der Waals surface area (Å²) in [5.74, 6) is -3.67. The minimum atomic E-state index is -2.74. The smallest absolute Gasteiger partial charge is 0.351 e. The van der Waals surface area contributed by atoms with Gasteiger partial charge in [0, 0.05) is 12.6 Å². The van der Waals surface area contributed by atoms with Crippen LogP contribution in [0.3, 0.4) is 0 Å². The van der Waals surface area contributed by atoms with Gasteiger partial charge >= 0.3 is 11.7 Å². The van der Waals surface area contributed by atoms with E-state index in [9.17, 15) is 14.0 Å². The molecule has 27 heavy (non-hydrogen) atoms. The van der Waals surface area contributed by atoms with Gasteiger partial charge < -0.3 is 15.2 Å². The van der Waals surface area contributed by atoms with Crippen molar-refractivity contribution >= 4 is 11.8 Å². The summed E-state index contributed by atoms with van der Waals surface area (Å²) in [6, 6.07) is 9.14. The van der Waals surface area contributed by atoms with Gasteiger partial charge in [-0.15, -0.1) is 0 Å². The van der Waals surface area contributed by atoms with Crippen LogP contribution in [0.4, 0.5) is 14.6 Å². The van der Waals surface area contributed by atoms with Gasteiger partial charge in [0.25, 0.3) is 0 Å². The summed E-state index contributed by atoms with van der Waals surface area (Å²) in [5.41, 5.74) is 2.62. The van der Waals surface area contributed by atoms with Crippen molar-refractivity contribution in [3.05, 3.63) is 58.6 Å². The maximum atomic E-state index is 15.1. The van der Waals surface area contributed by atoms with Crippen molar-refractivity contribution < 1.29 is 23.0 Å². The number of esters is 1. The zero-order valence-electron chi connectivity index (χ0n) is 14.8. The fraction of sp³-hybridized carbons (Fsp3) is 0.389. The highest BCUT2D eigenvalue weighted by atomic mass is 19.2. The first-order valence-corrected chi connectivity index (χ1v) is 8.35. The molecule has 4 atom stereocenters. The molecule has 0 amide bonds. The number of nitrogens with zero attached hydrogens (tertiary/aromatic N) is 2. The van der Waals surface area contributed by atoms with Crippen molar-refractivity contribution in [2.24, 2.45) is 0 Å². The van der Waals surface area contributed by atoms with Crippen LogP contribution >= 0.6 is 0 Å². The molecule has 0 spiro atoms. The summed E-state index contributed by atoms with van der Waals surface area (Å²) in [5, 5.41) is 0. The molecule has 7 nitrogen and oxygen atoms in total. The predicted molar refractivity (Wildman–Crippen MR) is 92.3 cm³/mol. The normalized spacial score (nSPS) is 30.2. The lowest BCUT2D eigenvalue weighted by molar-refractivity contribution is -0.179. The molecule has 1 aliphatic heterocycles. The van der Waals surface area contributed by atoms with E-state index >= 15 is 4.39 Å². The molecule has 0 aliphatic carbocycles. The summed E-state index contributed by atoms with van der Waals surface area (Å²) >= 11 is 0. The number of ether oxygens (including phenoxy) is 2. The van der Waals surface area contributed by atoms with Gasteiger partial charge in [-0.25, -0.2) is 18.4 Å². The zero-order chi connectivity index (χ0) is 19.8. The number of halogens is 2. The minimum absolute atomic E-state index is 0.0592. The van der Waals surface area contributed by atoms with Gasteiger partial charge in [-0.1, -0.05) is 25.1 Å². The van der Waals surface area contributed by atoms with Crippen molar-refractivity contribution in [3.8, 4) is 0 Å². The minimum Gasteiger partial charge on any atom is -0.448 e. The molecule has 9 heteroatoms. The number of rotatable bonds is 4. The van der Waals surface area contributed by atoms with Gasteiger partial charge in [0.05, 0.1) is 5.56 Å². The van der Waals surface area contributed by atoms with Crippen LogP contribution in [0.2, 0.25) is 0 Å². The van der Waals surface area contributed by atoms with Gasteiger partial charge in [-0.05, 0) is 25.1 Å². The van der Waals surface area contributed by atoms with E-state index in [0.29, 0.717) is 0 Å². The van der Waals surface area contributed by atoms with E-state index in [0.717, 1.165) is 4.57 Å². The summed E-state index contributed by atoms with van der Waals surface area (Å²) in [4.78, 5) is 28.2. The molecule has 144 valence electrons. The molecule has 0 bridgehead atoms. The fourth-order valence-electron chi connectivity index (χ4n) is 3.05.